The van der Waals surface area contributed by atoms with E-state index in [1.54, 1.807) is 0 Å². The molecule has 1 unspecified atom stereocenters. The highest BCUT2D eigenvalue weighted by Gasteiger charge is 2.34. The van der Waals surface area contributed by atoms with E-state index in [2.05, 4.69) is 5.32 Å². The summed E-state index contributed by atoms with van der Waals surface area (Å²) >= 11 is 1.07. The van der Waals surface area contributed by atoms with Gasteiger partial charge in [0.15, 0.2) is 0 Å². The summed E-state index contributed by atoms with van der Waals surface area (Å²) in [7, 11) is 0. The molecule has 1 aromatic carbocycles. The quantitative estimate of drug-likeness (QED) is 0.858. The minimum Gasteiger partial charge on any atom is -0.466 e. The van der Waals surface area contributed by atoms with Crippen LogP contribution in [-0.2, 0) is 20.5 Å². The summed E-state index contributed by atoms with van der Waals surface area (Å²) < 4.78 is 42.8. The maximum atomic E-state index is 12.6. The fourth-order valence-corrected chi connectivity index (χ4v) is 2.96. The zero-order chi connectivity index (χ0) is 16.3. The first-order chi connectivity index (χ1) is 10.3. The number of hydrogen-bond acceptors (Lipinski definition) is 4. The van der Waals surface area contributed by atoms with Gasteiger partial charge in [-0.1, -0.05) is 6.92 Å². The van der Waals surface area contributed by atoms with Gasteiger partial charge in [-0.3, -0.25) is 9.59 Å². The summed E-state index contributed by atoms with van der Waals surface area (Å²) in [4.78, 5) is 24.0. The van der Waals surface area contributed by atoms with Crippen LogP contribution >= 0.6 is 11.8 Å². The van der Waals surface area contributed by atoms with E-state index in [-0.39, 0.29) is 18.7 Å². The van der Waals surface area contributed by atoms with Crippen molar-refractivity contribution in [3.05, 3.63) is 23.8 Å². The number of thioether (sulfide) groups is 1. The number of nitrogens with one attached hydrogen (secondary N) is 1. The Morgan fingerprint density at radius 2 is 2.14 bits per heavy atom. The molecule has 0 radical (unpaired) electrons. The highest BCUT2D eigenvalue weighted by atomic mass is 32.2. The Balaban J connectivity index is 2.10. The second kappa shape index (κ2) is 6.60. The van der Waals surface area contributed by atoms with Crippen LogP contribution < -0.4 is 5.32 Å². The highest BCUT2D eigenvalue weighted by molar-refractivity contribution is 8.01. The lowest BCUT2D eigenvalue weighted by molar-refractivity contribution is -0.144. The Hall–Kier alpha value is -1.70. The molecular formula is C14H14F3NO3S. The lowest BCUT2D eigenvalue weighted by atomic mass is 10.1. The molecule has 1 aromatic rings. The molecule has 1 atom stereocenters. The van der Waals surface area contributed by atoms with E-state index in [9.17, 15) is 22.8 Å². The summed E-state index contributed by atoms with van der Waals surface area (Å²) in [6, 6.07) is 3.15. The van der Waals surface area contributed by atoms with Crippen LogP contribution in [0.4, 0.5) is 18.9 Å². The van der Waals surface area contributed by atoms with Crippen molar-refractivity contribution in [3.8, 4) is 0 Å². The molecule has 120 valence electrons. The topological polar surface area (TPSA) is 55.4 Å². The molecule has 0 bridgehead atoms. The second-order valence-electron chi connectivity index (χ2n) is 4.73. The van der Waals surface area contributed by atoms with Crippen molar-refractivity contribution in [3.63, 3.8) is 0 Å². The van der Waals surface area contributed by atoms with Crippen molar-refractivity contribution >= 4 is 29.3 Å². The normalized spacial score (nSPS) is 17.6. The molecule has 0 spiro atoms. The maximum Gasteiger partial charge on any atom is 0.416 e. The Morgan fingerprint density at radius 1 is 1.41 bits per heavy atom. The van der Waals surface area contributed by atoms with Gasteiger partial charge in [0.1, 0.15) is 0 Å². The number of anilines is 1. The molecule has 0 saturated heterocycles. The van der Waals surface area contributed by atoms with Gasteiger partial charge in [-0.25, -0.2) is 0 Å². The van der Waals surface area contributed by atoms with Gasteiger partial charge >= 0.3 is 12.1 Å². The summed E-state index contributed by atoms with van der Waals surface area (Å²) in [5.74, 6) is -0.991. The number of halogens is 3. The molecule has 1 aliphatic heterocycles. The molecule has 8 heteroatoms. The first-order valence-corrected chi connectivity index (χ1v) is 7.53. The minimum absolute atomic E-state index is 0.114. The number of fused-ring (bicyclic) bond motifs is 1. The van der Waals surface area contributed by atoms with E-state index in [1.807, 2.05) is 6.92 Å². The van der Waals surface area contributed by atoms with Crippen LogP contribution in [0.1, 0.15) is 25.3 Å². The van der Waals surface area contributed by atoms with Gasteiger partial charge in [-0.05, 0) is 24.6 Å². The van der Waals surface area contributed by atoms with Gasteiger partial charge in [0.2, 0.25) is 5.91 Å². The summed E-state index contributed by atoms with van der Waals surface area (Å²) in [6.45, 7) is 2.13. The molecule has 1 aliphatic rings. The Bertz CT molecular complexity index is 589. The minimum atomic E-state index is -4.47. The predicted molar refractivity (Wildman–Crippen MR) is 75.6 cm³/mol. The summed E-state index contributed by atoms with van der Waals surface area (Å²) in [5.41, 5.74) is -0.712. The average molecular weight is 333 g/mol. The second-order valence-corrected chi connectivity index (χ2v) is 5.97. The molecule has 0 aliphatic carbocycles. The zero-order valence-corrected chi connectivity index (χ0v) is 12.5. The van der Waals surface area contributed by atoms with Gasteiger partial charge in [0, 0.05) is 4.90 Å². The Morgan fingerprint density at radius 3 is 2.77 bits per heavy atom. The molecular weight excluding hydrogens is 319 g/mol. The number of carbonyl (C=O) groups is 2. The highest BCUT2D eigenvalue weighted by Crippen LogP contribution is 2.40. The number of ether oxygens (including phenoxy) is 1. The fraction of sp³-hybridized carbons (Fsp3) is 0.429. The Kier molecular flexibility index (Phi) is 5.00. The van der Waals surface area contributed by atoms with E-state index in [0.717, 1.165) is 23.9 Å². The number of carbonyl (C=O) groups excluding carboxylic acids is 2. The number of benzene rings is 1. The van der Waals surface area contributed by atoms with E-state index in [4.69, 9.17) is 4.74 Å². The van der Waals surface area contributed by atoms with Crippen LogP contribution in [0.15, 0.2) is 23.1 Å². The molecule has 1 heterocycles. The average Bonchev–Trinajstić information content (AvgIpc) is 2.44. The van der Waals surface area contributed by atoms with Crippen LogP contribution in [0, 0.1) is 0 Å². The first kappa shape index (κ1) is 16.7. The van der Waals surface area contributed by atoms with E-state index >= 15 is 0 Å². The molecule has 2 rings (SSSR count). The van der Waals surface area contributed by atoms with Gasteiger partial charge in [-0.15, -0.1) is 11.8 Å². The van der Waals surface area contributed by atoms with Gasteiger partial charge in [-0.2, -0.15) is 13.2 Å². The molecule has 1 N–H and O–H groups in total. The van der Waals surface area contributed by atoms with Crippen molar-refractivity contribution in [1.82, 2.24) is 0 Å². The fourth-order valence-electron chi connectivity index (χ4n) is 1.89. The van der Waals surface area contributed by atoms with Crippen LogP contribution in [-0.4, -0.2) is 23.7 Å². The first-order valence-electron chi connectivity index (χ1n) is 6.65. The van der Waals surface area contributed by atoms with Crippen LogP contribution in [0.2, 0.25) is 0 Å². The predicted octanol–water partition coefficient (Wildman–Crippen LogP) is 3.46. The smallest absolute Gasteiger partial charge is 0.416 e. The van der Waals surface area contributed by atoms with Crippen molar-refractivity contribution in [2.45, 2.75) is 36.1 Å². The molecule has 0 fully saturated rings. The van der Waals surface area contributed by atoms with Gasteiger partial charge in [0.05, 0.1) is 29.5 Å². The lowest BCUT2D eigenvalue weighted by Gasteiger charge is -2.24. The van der Waals surface area contributed by atoms with Crippen molar-refractivity contribution < 1.29 is 27.5 Å². The molecule has 22 heavy (non-hydrogen) atoms. The van der Waals surface area contributed by atoms with Crippen molar-refractivity contribution in [1.29, 1.82) is 0 Å². The third-order valence-corrected chi connectivity index (χ3v) is 4.22. The van der Waals surface area contributed by atoms with Crippen LogP contribution in [0.5, 0.6) is 0 Å². The maximum absolute atomic E-state index is 12.6. The third kappa shape index (κ3) is 3.94. The number of alkyl halides is 3. The van der Waals surface area contributed by atoms with Gasteiger partial charge < -0.3 is 10.1 Å². The van der Waals surface area contributed by atoms with E-state index in [0.29, 0.717) is 11.3 Å². The molecule has 0 aromatic heterocycles. The lowest BCUT2D eigenvalue weighted by Crippen LogP contribution is -2.31. The monoisotopic (exact) mass is 333 g/mol. The zero-order valence-electron chi connectivity index (χ0n) is 11.7. The molecule has 1 amide bonds. The number of rotatable bonds is 4. The van der Waals surface area contributed by atoms with E-state index < -0.39 is 28.9 Å². The SMILES string of the molecule is CCCOC(=O)CC1Sc2ccc(C(F)(F)F)cc2NC1=O. The molecule has 4 nitrogen and oxygen atoms in total. The van der Waals surface area contributed by atoms with Crippen molar-refractivity contribution in [2.24, 2.45) is 0 Å². The summed E-state index contributed by atoms with van der Waals surface area (Å²) in [5, 5.41) is 1.72. The third-order valence-electron chi connectivity index (χ3n) is 2.95. The molecule has 0 saturated carbocycles. The largest absolute Gasteiger partial charge is 0.466 e. The van der Waals surface area contributed by atoms with Gasteiger partial charge in [0.25, 0.3) is 0 Å². The standard InChI is InChI=1S/C14H14F3NO3S/c1-2-5-21-12(19)7-11-13(20)18-9-6-8(14(15,16)17)3-4-10(9)22-11/h3-4,6,11H,2,5,7H2,1H3,(H,18,20). The number of hydrogen-bond donors (Lipinski definition) is 1. The van der Waals surface area contributed by atoms with Crippen molar-refractivity contribution in [2.75, 3.05) is 11.9 Å². The number of amides is 1. The van der Waals surface area contributed by atoms with E-state index in [1.165, 1.54) is 6.07 Å². The summed E-state index contributed by atoms with van der Waals surface area (Å²) in [6.07, 6.45) is -3.90. The Labute approximate surface area is 129 Å². The number of esters is 1. The van der Waals surface area contributed by atoms with Crippen LogP contribution in [0.3, 0.4) is 0 Å². The van der Waals surface area contributed by atoms with Crippen LogP contribution in [0.25, 0.3) is 0 Å².